The monoisotopic (exact) mass is 338 g/mol. The van der Waals surface area contributed by atoms with Crippen LogP contribution < -0.4 is 14.8 Å². The van der Waals surface area contributed by atoms with Crippen LogP contribution in [0.4, 0.5) is 0 Å². The predicted molar refractivity (Wildman–Crippen MR) is 95.8 cm³/mol. The third-order valence-corrected chi connectivity index (χ3v) is 3.96. The average molecular weight is 338 g/mol. The highest BCUT2D eigenvalue weighted by Crippen LogP contribution is 2.28. The first-order valence-electron chi connectivity index (χ1n) is 8.09. The summed E-state index contributed by atoms with van der Waals surface area (Å²) in [4.78, 5) is 4.49. The molecule has 3 rings (SSSR count). The van der Waals surface area contributed by atoms with Gasteiger partial charge in [-0.2, -0.15) is 5.10 Å². The number of hydrogen-bond donors (Lipinski definition) is 2. The Morgan fingerprint density at radius 1 is 1.04 bits per heavy atom. The van der Waals surface area contributed by atoms with Crippen LogP contribution >= 0.6 is 0 Å². The van der Waals surface area contributed by atoms with E-state index in [1.54, 1.807) is 14.2 Å². The van der Waals surface area contributed by atoms with Crippen molar-refractivity contribution in [1.82, 2.24) is 20.5 Å². The minimum Gasteiger partial charge on any atom is -0.493 e. The van der Waals surface area contributed by atoms with E-state index in [-0.39, 0.29) is 6.04 Å². The molecule has 0 bridgehead atoms. The number of aromatic amines is 1. The summed E-state index contributed by atoms with van der Waals surface area (Å²) >= 11 is 0. The van der Waals surface area contributed by atoms with Gasteiger partial charge in [-0.3, -0.25) is 10.4 Å². The van der Waals surface area contributed by atoms with E-state index in [9.17, 15) is 0 Å². The van der Waals surface area contributed by atoms with Crippen LogP contribution in [0.15, 0.2) is 48.5 Å². The molecule has 25 heavy (non-hydrogen) atoms. The van der Waals surface area contributed by atoms with Gasteiger partial charge in [0.25, 0.3) is 0 Å². The Morgan fingerprint density at radius 2 is 1.80 bits per heavy atom. The lowest BCUT2D eigenvalue weighted by Crippen LogP contribution is -2.23. The van der Waals surface area contributed by atoms with Crippen molar-refractivity contribution < 1.29 is 9.47 Å². The summed E-state index contributed by atoms with van der Waals surface area (Å²) in [5, 5.41) is 10.8. The van der Waals surface area contributed by atoms with E-state index >= 15 is 0 Å². The van der Waals surface area contributed by atoms with Crippen molar-refractivity contribution in [3.63, 3.8) is 0 Å². The second-order valence-corrected chi connectivity index (χ2v) is 5.69. The lowest BCUT2D eigenvalue weighted by atomic mass is 10.1. The maximum Gasteiger partial charge on any atom is 0.172 e. The Kier molecular flexibility index (Phi) is 5.30. The van der Waals surface area contributed by atoms with Gasteiger partial charge in [-0.25, -0.2) is 4.98 Å². The molecule has 0 fully saturated rings. The van der Waals surface area contributed by atoms with Gasteiger partial charge in [-0.05, 0) is 30.2 Å². The second-order valence-electron chi connectivity index (χ2n) is 5.69. The quantitative estimate of drug-likeness (QED) is 0.693. The molecule has 6 nitrogen and oxygen atoms in total. The van der Waals surface area contributed by atoms with E-state index in [2.05, 4.69) is 32.6 Å². The Labute approximate surface area is 147 Å². The molecule has 1 atom stereocenters. The molecular weight excluding hydrogens is 316 g/mol. The molecule has 0 saturated carbocycles. The zero-order valence-corrected chi connectivity index (χ0v) is 14.6. The standard InChI is InChI=1S/C19H22N4O2/c1-13-21-19(23-22-13)18(15-7-5-4-6-8-15)20-12-14-9-10-16(24-2)17(11-14)25-3/h4-11,18,20H,12H2,1-3H3,(H,21,22,23)/t18-/m0/s1. The molecule has 0 aliphatic carbocycles. The summed E-state index contributed by atoms with van der Waals surface area (Å²) in [6.45, 7) is 2.54. The molecule has 1 heterocycles. The number of nitrogens with one attached hydrogen (secondary N) is 2. The maximum atomic E-state index is 5.37. The van der Waals surface area contributed by atoms with Gasteiger partial charge in [0, 0.05) is 6.54 Å². The Balaban J connectivity index is 1.82. The van der Waals surface area contributed by atoms with E-state index in [0.29, 0.717) is 12.3 Å². The summed E-state index contributed by atoms with van der Waals surface area (Å²) in [6, 6.07) is 16.0. The molecule has 1 aromatic heterocycles. The molecule has 0 spiro atoms. The molecule has 130 valence electrons. The van der Waals surface area contributed by atoms with Crippen LogP contribution in [0.1, 0.15) is 28.8 Å². The molecule has 6 heteroatoms. The number of rotatable bonds is 7. The van der Waals surface area contributed by atoms with E-state index in [0.717, 1.165) is 28.5 Å². The van der Waals surface area contributed by atoms with Crippen molar-refractivity contribution in [2.45, 2.75) is 19.5 Å². The number of benzene rings is 2. The molecule has 0 aliphatic heterocycles. The summed E-state index contributed by atoms with van der Waals surface area (Å²) in [5.74, 6) is 2.95. The van der Waals surface area contributed by atoms with Crippen molar-refractivity contribution in [2.24, 2.45) is 0 Å². The minimum absolute atomic E-state index is 0.0979. The first-order valence-corrected chi connectivity index (χ1v) is 8.09. The van der Waals surface area contributed by atoms with E-state index in [1.165, 1.54) is 0 Å². The topological polar surface area (TPSA) is 72.1 Å². The summed E-state index contributed by atoms with van der Waals surface area (Å²) < 4.78 is 10.7. The van der Waals surface area contributed by atoms with Gasteiger partial charge >= 0.3 is 0 Å². The number of nitrogens with zero attached hydrogens (tertiary/aromatic N) is 2. The fourth-order valence-corrected chi connectivity index (χ4v) is 2.70. The van der Waals surface area contributed by atoms with Gasteiger partial charge in [-0.15, -0.1) is 0 Å². The lowest BCUT2D eigenvalue weighted by Gasteiger charge is -2.17. The number of ether oxygens (including phenoxy) is 2. The summed E-state index contributed by atoms with van der Waals surface area (Å²) in [6.07, 6.45) is 0. The fraction of sp³-hybridized carbons (Fsp3) is 0.263. The molecule has 0 unspecified atom stereocenters. The number of hydrogen-bond acceptors (Lipinski definition) is 5. The molecule has 0 aliphatic rings. The van der Waals surface area contributed by atoms with Crippen LogP contribution in [0.25, 0.3) is 0 Å². The van der Waals surface area contributed by atoms with Gasteiger partial charge in [-0.1, -0.05) is 36.4 Å². The molecule has 2 N–H and O–H groups in total. The van der Waals surface area contributed by atoms with Crippen molar-refractivity contribution >= 4 is 0 Å². The molecule has 0 saturated heterocycles. The van der Waals surface area contributed by atoms with E-state index < -0.39 is 0 Å². The Morgan fingerprint density at radius 3 is 2.44 bits per heavy atom. The third-order valence-electron chi connectivity index (χ3n) is 3.96. The number of aromatic nitrogens is 3. The number of H-pyrrole nitrogens is 1. The number of aryl methyl sites for hydroxylation is 1. The van der Waals surface area contributed by atoms with Crippen LogP contribution in [0, 0.1) is 6.92 Å². The minimum atomic E-state index is -0.0979. The number of methoxy groups -OCH3 is 2. The van der Waals surface area contributed by atoms with Crippen LogP contribution in [-0.4, -0.2) is 29.4 Å². The van der Waals surface area contributed by atoms with Gasteiger partial charge in [0.15, 0.2) is 17.3 Å². The first kappa shape index (κ1) is 17.0. The fourth-order valence-electron chi connectivity index (χ4n) is 2.70. The second kappa shape index (κ2) is 7.81. The predicted octanol–water partition coefficient (Wildman–Crippen LogP) is 3.01. The largest absolute Gasteiger partial charge is 0.493 e. The van der Waals surface area contributed by atoms with Crippen molar-refractivity contribution in [1.29, 1.82) is 0 Å². The van der Waals surface area contributed by atoms with Gasteiger partial charge < -0.3 is 9.47 Å². The lowest BCUT2D eigenvalue weighted by molar-refractivity contribution is 0.354. The molecule has 3 aromatic rings. The normalized spacial score (nSPS) is 12.0. The van der Waals surface area contributed by atoms with Crippen molar-refractivity contribution in [2.75, 3.05) is 14.2 Å². The van der Waals surface area contributed by atoms with Gasteiger partial charge in [0.1, 0.15) is 5.82 Å². The van der Waals surface area contributed by atoms with Crippen molar-refractivity contribution in [3.8, 4) is 11.5 Å². The van der Waals surface area contributed by atoms with Crippen LogP contribution in [0.2, 0.25) is 0 Å². The Hall–Kier alpha value is -2.86. The highest BCUT2D eigenvalue weighted by Gasteiger charge is 2.18. The molecule has 0 amide bonds. The highest BCUT2D eigenvalue weighted by molar-refractivity contribution is 5.43. The Bertz CT molecular complexity index is 817. The maximum absolute atomic E-state index is 5.37. The van der Waals surface area contributed by atoms with E-state index in [4.69, 9.17) is 9.47 Å². The highest BCUT2D eigenvalue weighted by atomic mass is 16.5. The van der Waals surface area contributed by atoms with Crippen LogP contribution in [0.5, 0.6) is 11.5 Å². The van der Waals surface area contributed by atoms with Gasteiger partial charge in [0.05, 0.1) is 20.3 Å². The zero-order valence-electron chi connectivity index (χ0n) is 14.6. The van der Waals surface area contributed by atoms with Crippen molar-refractivity contribution in [3.05, 3.63) is 71.3 Å². The average Bonchev–Trinajstić information content (AvgIpc) is 3.08. The molecule has 0 radical (unpaired) electrons. The molecular formula is C19H22N4O2. The van der Waals surface area contributed by atoms with Gasteiger partial charge in [0.2, 0.25) is 0 Å². The zero-order chi connectivity index (χ0) is 17.6. The van der Waals surface area contributed by atoms with E-state index in [1.807, 2.05) is 43.3 Å². The smallest absolute Gasteiger partial charge is 0.172 e. The summed E-state index contributed by atoms with van der Waals surface area (Å²) in [5.41, 5.74) is 2.20. The van der Waals surface area contributed by atoms with Crippen LogP contribution in [0.3, 0.4) is 0 Å². The first-order chi connectivity index (χ1) is 12.2. The molecule has 2 aromatic carbocycles. The SMILES string of the molecule is COc1ccc(CN[C@@H](c2ccccc2)c2n[nH]c(C)n2)cc1OC. The third kappa shape index (κ3) is 3.97. The summed E-state index contributed by atoms with van der Waals surface area (Å²) in [7, 11) is 3.27. The van der Waals surface area contributed by atoms with Crippen LogP contribution in [-0.2, 0) is 6.54 Å².